The van der Waals surface area contributed by atoms with E-state index in [1.807, 2.05) is 18.2 Å². The number of rotatable bonds is 9. The smallest absolute Gasteiger partial charge is 0.305 e. The number of pyridine rings is 1. The Bertz CT molecular complexity index is 1340. The third-order valence-electron chi connectivity index (χ3n) is 6.30. The molecule has 0 fully saturated rings. The Morgan fingerprint density at radius 3 is 2.80 bits per heavy atom. The standard InChI is InChI=1S/C26H27N5O4/c1-34-25-11-9-22(29-30-25)24(15-26(32)33)31-23-10-8-20(14-18(23)16-27-31)35-13-12-19-7-6-17-4-2-3-5-21(17)28-19/h6-11,14,16,24H,2-5,12-13,15H2,1H3,(H,32,33). The molecule has 1 aliphatic rings. The number of aromatic nitrogens is 5. The second kappa shape index (κ2) is 10.1. The first-order valence-electron chi connectivity index (χ1n) is 11.8. The van der Waals surface area contributed by atoms with Crippen LogP contribution < -0.4 is 9.47 Å². The average molecular weight is 474 g/mol. The van der Waals surface area contributed by atoms with Gasteiger partial charge >= 0.3 is 5.97 Å². The van der Waals surface area contributed by atoms with Crippen molar-refractivity contribution in [3.8, 4) is 11.6 Å². The Labute approximate surface area is 202 Å². The number of hydrogen-bond donors (Lipinski definition) is 1. The van der Waals surface area contributed by atoms with Gasteiger partial charge in [0.05, 0.1) is 37.5 Å². The van der Waals surface area contributed by atoms with Gasteiger partial charge in [-0.05, 0) is 61.6 Å². The fourth-order valence-corrected chi connectivity index (χ4v) is 4.51. The summed E-state index contributed by atoms with van der Waals surface area (Å²) in [6, 6.07) is 12.7. The minimum absolute atomic E-state index is 0.177. The van der Waals surface area contributed by atoms with Crippen LogP contribution in [0.3, 0.4) is 0 Å². The quantitative estimate of drug-likeness (QED) is 0.391. The maximum Gasteiger partial charge on any atom is 0.305 e. The highest BCUT2D eigenvalue weighted by molar-refractivity contribution is 5.80. The molecule has 0 saturated heterocycles. The van der Waals surface area contributed by atoms with Crippen LogP contribution in [-0.4, -0.2) is 49.8 Å². The van der Waals surface area contributed by atoms with Crippen molar-refractivity contribution in [1.29, 1.82) is 0 Å². The molecule has 0 spiro atoms. The molecule has 9 nitrogen and oxygen atoms in total. The number of carboxylic acid groups (broad SMARTS) is 1. The van der Waals surface area contributed by atoms with Crippen molar-refractivity contribution in [2.24, 2.45) is 0 Å². The highest BCUT2D eigenvalue weighted by Gasteiger charge is 2.22. The fraction of sp³-hybridized carbons (Fsp3) is 0.346. The van der Waals surface area contributed by atoms with Crippen molar-refractivity contribution in [3.63, 3.8) is 0 Å². The number of methoxy groups -OCH3 is 1. The number of benzene rings is 1. The first-order valence-corrected chi connectivity index (χ1v) is 11.8. The highest BCUT2D eigenvalue weighted by Crippen LogP contribution is 2.28. The molecule has 0 radical (unpaired) electrons. The van der Waals surface area contributed by atoms with Crippen molar-refractivity contribution in [1.82, 2.24) is 25.0 Å². The summed E-state index contributed by atoms with van der Waals surface area (Å²) in [5.74, 6) is 0.140. The zero-order valence-corrected chi connectivity index (χ0v) is 19.6. The molecule has 4 aromatic rings. The van der Waals surface area contributed by atoms with Gasteiger partial charge in [0.2, 0.25) is 5.88 Å². The molecule has 1 aliphatic carbocycles. The molecule has 0 amide bonds. The lowest BCUT2D eigenvalue weighted by Gasteiger charge is -2.16. The lowest BCUT2D eigenvalue weighted by Crippen LogP contribution is -2.18. The minimum Gasteiger partial charge on any atom is -0.493 e. The van der Waals surface area contributed by atoms with Crippen LogP contribution in [0.2, 0.25) is 0 Å². The highest BCUT2D eigenvalue weighted by atomic mass is 16.5. The van der Waals surface area contributed by atoms with E-state index in [0.29, 0.717) is 18.2 Å². The van der Waals surface area contributed by atoms with Crippen LogP contribution in [0, 0.1) is 0 Å². The number of hydrogen-bond acceptors (Lipinski definition) is 7. The maximum absolute atomic E-state index is 11.6. The Morgan fingerprint density at radius 1 is 1.11 bits per heavy atom. The number of ether oxygens (including phenoxy) is 2. The molecule has 180 valence electrons. The molecule has 0 aliphatic heterocycles. The third-order valence-corrected chi connectivity index (χ3v) is 6.30. The summed E-state index contributed by atoms with van der Waals surface area (Å²) < 4.78 is 12.7. The number of fused-ring (bicyclic) bond motifs is 2. The van der Waals surface area contributed by atoms with E-state index in [1.54, 1.807) is 23.0 Å². The first kappa shape index (κ1) is 22.8. The molecule has 0 bridgehead atoms. The van der Waals surface area contributed by atoms with Crippen molar-refractivity contribution in [2.45, 2.75) is 44.6 Å². The number of aliphatic carboxylic acids is 1. The molecular formula is C26H27N5O4. The minimum atomic E-state index is -0.952. The zero-order valence-electron chi connectivity index (χ0n) is 19.6. The average Bonchev–Trinajstić information content (AvgIpc) is 3.30. The summed E-state index contributed by atoms with van der Waals surface area (Å²) in [6.45, 7) is 0.522. The molecule has 1 N–H and O–H groups in total. The van der Waals surface area contributed by atoms with Crippen LogP contribution in [0.25, 0.3) is 10.9 Å². The number of nitrogens with zero attached hydrogens (tertiary/aromatic N) is 5. The van der Waals surface area contributed by atoms with E-state index in [0.717, 1.165) is 41.6 Å². The second-order valence-corrected chi connectivity index (χ2v) is 8.64. The lowest BCUT2D eigenvalue weighted by molar-refractivity contribution is -0.137. The Kier molecular flexibility index (Phi) is 6.56. The SMILES string of the molecule is COc1ccc(C(CC(=O)O)n2ncc3cc(OCCc4ccc5c(n4)CCCC5)ccc32)nn1. The molecule has 3 heterocycles. The van der Waals surface area contributed by atoms with Crippen LogP contribution >= 0.6 is 0 Å². The summed E-state index contributed by atoms with van der Waals surface area (Å²) >= 11 is 0. The van der Waals surface area contributed by atoms with E-state index in [2.05, 4.69) is 27.4 Å². The summed E-state index contributed by atoms with van der Waals surface area (Å²) in [7, 11) is 1.50. The maximum atomic E-state index is 11.6. The van der Waals surface area contributed by atoms with E-state index in [4.69, 9.17) is 14.5 Å². The first-order chi connectivity index (χ1) is 17.1. The van der Waals surface area contributed by atoms with Crippen LogP contribution in [-0.2, 0) is 24.1 Å². The molecule has 0 saturated carbocycles. The molecule has 9 heteroatoms. The summed E-state index contributed by atoms with van der Waals surface area (Å²) in [4.78, 5) is 16.4. The van der Waals surface area contributed by atoms with Gasteiger partial charge in [-0.3, -0.25) is 14.5 Å². The second-order valence-electron chi connectivity index (χ2n) is 8.64. The molecule has 5 rings (SSSR count). The van der Waals surface area contributed by atoms with Crippen LogP contribution in [0.4, 0.5) is 0 Å². The van der Waals surface area contributed by atoms with Crippen LogP contribution in [0.15, 0.2) is 48.7 Å². The summed E-state index contributed by atoms with van der Waals surface area (Å²) in [5, 5.41) is 22.9. The van der Waals surface area contributed by atoms with Crippen molar-refractivity contribution < 1.29 is 19.4 Å². The molecule has 35 heavy (non-hydrogen) atoms. The number of aryl methyl sites for hydroxylation is 2. The Hall–Kier alpha value is -4.01. The molecule has 1 unspecified atom stereocenters. The Balaban J connectivity index is 1.30. The predicted octanol–water partition coefficient (Wildman–Crippen LogP) is 3.79. The van der Waals surface area contributed by atoms with Gasteiger partial charge in [0.25, 0.3) is 0 Å². The normalized spacial score (nSPS) is 13.9. The monoisotopic (exact) mass is 473 g/mol. The summed E-state index contributed by atoms with van der Waals surface area (Å²) in [5.41, 5.74) is 4.95. The number of carbonyl (C=O) groups is 1. The van der Waals surface area contributed by atoms with Gasteiger partial charge in [-0.1, -0.05) is 6.07 Å². The van der Waals surface area contributed by atoms with Gasteiger partial charge in [0, 0.05) is 29.3 Å². The van der Waals surface area contributed by atoms with E-state index >= 15 is 0 Å². The molecule has 3 aromatic heterocycles. The van der Waals surface area contributed by atoms with Gasteiger partial charge in [0.1, 0.15) is 11.8 Å². The van der Waals surface area contributed by atoms with Gasteiger partial charge in [-0.15, -0.1) is 10.2 Å². The van der Waals surface area contributed by atoms with Crippen molar-refractivity contribution >= 4 is 16.9 Å². The lowest BCUT2D eigenvalue weighted by atomic mass is 9.96. The van der Waals surface area contributed by atoms with Crippen LogP contribution in [0.1, 0.15) is 47.9 Å². The fourth-order valence-electron chi connectivity index (χ4n) is 4.51. The molecule has 1 atom stereocenters. The van der Waals surface area contributed by atoms with Gasteiger partial charge in [-0.2, -0.15) is 5.10 Å². The van der Waals surface area contributed by atoms with Crippen molar-refractivity contribution in [2.75, 3.05) is 13.7 Å². The van der Waals surface area contributed by atoms with E-state index < -0.39 is 12.0 Å². The third kappa shape index (κ3) is 5.08. The van der Waals surface area contributed by atoms with E-state index in [-0.39, 0.29) is 6.42 Å². The van der Waals surface area contributed by atoms with Crippen LogP contribution in [0.5, 0.6) is 11.6 Å². The van der Waals surface area contributed by atoms with E-state index in [9.17, 15) is 9.90 Å². The topological polar surface area (TPSA) is 112 Å². The Morgan fingerprint density at radius 2 is 2.00 bits per heavy atom. The number of carboxylic acids is 1. The van der Waals surface area contributed by atoms with Gasteiger partial charge < -0.3 is 14.6 Å². The largest absolute Gasteiger partial charge is 0.493 e. The molecular weight excluding hydrogens is 446 g/mol. The van der Waals surface area contributed by atoms with E-state index in [1.165, 1.54) is 31.2 Å². The van der Waals surface area contributed by atoms with Gasteiger partial charge in [-0.25, -0.2) is 0 Å². The molecule has 1 aromatic carbocycles. The van der Waals surface area contributed by atoms with Crippen molar-refractivity contribution in [3.05, 3.63) is 71.3 Å². The van der Waals surface area contributed by atoms with Gasteiger partial charge in [0.15, 0.2) is 0 Å². The predicted molar refractivity (Wildman–Crippen MR) is 129 cm³/mol. The zero-order chi connectivity index (χ0) is 24.2. The summed E-state index contributed by atoms with van der Waals surface area (Å²) in [6.07, 6.45) is 6.93.